The van der Waals surface area contributed by atoms with Crippen molar-refractivity contribution < 1.29 is 4.79 Å². The maximum absolute atomic E-state index is 11.1. The topological polar surface area (TPSA) is 80.9 Å². The zero-order chi connectivity index (χ0) is 12.2. The minimum Gasteiger partial charge on any atom is -0.370 e. The summed E-state index contributed by atoms with van der Waals surface area (Å²) in [6.07, 6.45) is 3.47. The van der Waals surface area contributed by atoms with Crippen LogP contribution in [0.2, 0.25) is 0 Å². The lowest BCUT2D eigenvalue weighted by Gasteiger charge is -2.29. The Bertz CT molecular complexity index is 380. The van der Waals surface area contributed by atoms with Gasteiger partial charge in [-0.05, 0) is 20.4 Å². The van der Waals surface area contributed by atoms with Gasteiger partial charge in [0.25, 0.3) is 0 Å². The van der Waals surface area contributed by atoms with Crippen molar-refractivity contribution in [1.82, 2.24) is 15.3 Å². The zero-order valence-electron chi connectivity index (χ0n) is 9.95. The van der Waals surface area contributed by atoms with Crippen molar-refractivity contribution in [1.29, 1.82) is 0 Å². The predicted molar refractivity (Wildman–Crippen MR) is 61.6 cm³/mol. The van der Waals surface area contributed by atoms with Crippen molar-refractivity contribution in [2.45, 2.75) is 32.7 Å². The Morgan fingerprint density at radius 3 is 2.62 bits per heavy atom. The van der Waals surface area contributed by atoms with Gasteiger partial charge in [-0.3, -0.25) is 14.8 Å². The number of hydrogen-bond donors (Lipinski definition) is 2. The summed E-state index contributed by atoms with van der Waals surface area (Å²) in [5.41, 5.74) is 6.31. The van der Waals surface area contributed by atoms with Crippen LogP contribution < -0.4 is 11.1 Å². The lowest BCUT2D eigenvalue weighted by Crippen LogP contribution is -2.44. The Labute approximate surface area is 95.5 Å². The molecule has 3 N–H and O–H groups in total. The second-order valence-corrected chi connectivity index (χ2v) is 4.00. The van der Waals surface area contributed by atoms with Gasteiger partial charge in [0.2, 0.25) is 5.91 Å². The predicted octanol–water partition coefficient (Wildman–Crippen LogP) is 0.485. The fourth-order valence-electron chi connectivity index (χ4n) is 1.92. The molecule has 1 rings (SSSR count). The van der Waals surface area contributed by atoms with E-state index in [1.54, 1.807) is 12.4 Å². The molecule has 1 amide bonds. The molecule has 0 aromatic carbocycles. The van der Waals surface area contributed by atoms with Gasteiger partial charge in [-0.2, -0.15) is 0 Å². The fraction of sp³-hybridized carbons (Fsp3) is 0.545. The summed E-state index contributed by atoms with van der Waals surface area (Å²) >= 11 is 0. The highest BCUT2D eigenvalue weighted by Gasteiger charge is 2.31. The molecular formula is C11H18N4O. The average Bonchev–Trinajstić information content (AvgIpc) is 2.17. The van der Waals surface area contributed by atoms with Crippen LogP contribution in [0.4, 0.5) is 0 Å². The van der Waals surface area contributed by atoms with E-state index in [4.69, 9.17) is 5.73 Å². The lowest BCUT2D eigenvalue weighted by atomic mass is 9.91. The molecule has 1 aromatic heterocycles. The van der Waals surface area contributed by atoms with E-state index in [9.17, 15) is 4.79 Å². The molecule has 1 atom stereocenters. The van der Waals surface area contributed by atoms with Gasteiger partial charge in [0.1, 0.15) is 0 Å². The first kappa shape index (κ1) is 12.6. The molecular weight excluding hydrogens is 204 g/mol. The molecule has 0 spiro atoms. The SMILES string of the molecule is CCNC(C)(CC(N)=O)c1nccnc1C. The lowest BCUT2D eigenvalue weighted by molar-refractivity contribution is -0.119. The van der Waals surface area contributed by atoms with Crippen LogP contribution in [0.25, 0.3) is 0 Å². The first-order valence-corrected chi connectivity index (χ1v) is 5.31. The Morgan fingerprint density at radius 1 is 1.50 bits per heavy atom. The first-order chi connectivity index (χ1) is 7.49. The highest BCUT2D eigenvalue weighted by atomic mass is 16.1. The van der Waals surface area contributed by atoms with Crippen LogP contribution in [0.15, 0.2) is 12.4 Å². The number of carbonyl (C=O) groups excluding carboxylic acids is 1. The molecule has 0 aliphatic carbocycles. The molecule has 0 aliphatic heterocycles. The molecule has 1 aromatic rings. The van der Waals surface area contributed by atoms with Gasteiger partial charge in [0.05, 0.1) is 23.3 Å². The molecule has 0 fully saturated rings. The van der Waals surface area contributed by atoms with Crippen molar-refractivity contribution in [3.63, 3.8) is 0 Å². The number of hydrogen-bond acceptors (Lipinski definition) is 4. The number of aromatic nitrogens is 2. The van der Waals surface area contributed by atoms with E-state index in [1.807, 2.05) is 20.8 Å². The summed E-state index contributed by atoms with van der Waals surface area (Å²) in [5, 5.41) is 3.24. The van der Waals surface area contributed by atoms with Gasteiger partial charge < -0.3 is 11.1 Å². The van der Waals surface area contributed by atoms with Gasteiger partial charge in [0, 0.05) is 12.4 Å². The van der Waals surface area contributed by atoms with E-state index >= 15 is 0 Å². The molecule has 0 radical (unpaired) electrons. The standard InChI is InChI=1S/C11H18N4O/c1-4-15-11(3,7-9(12)16)10-8(2)13-5-6-14-10/h5-6,15H,4,7H2,1-3H3,(H2,12,16). The number of carbonyl (C=O) groups is 1. The maximum Gasteiger partial charge on any atom is 0.219 e. The number of nitrogens with one attached hydrogen (secondary N) is 1. The summed E-state index contributed by atoms with van der Waals surface area (Å²) in [7, 11) is 0. The van der Waals surface area contributed by atoms with Crippen LogP contribution in [0, 0.1) is 6.92 Å². The van der Waals surface area contributed by atoms with E-state index in [1.165, 1.54) is 0 Å². The minimum atomic E-state index is -0.543. The van der Waals surface area contributed by atoms with Gasteiger partial charge in [-0.25, -0.2) is 0 Å². The summed E-state index contributed by atoms with van der Waals surface area (Å²) in [5.74, 6) is -0.353. The Morgan fingerprint density at radius 2 is 2.12 bits per heavy atom. The molecule has 16 heavy (non-hydrogen) atoms. The summed E-state index contributed by atoms with van der Waals surface area (Å²) in [4.78, 5) is 19.6. The molecule has 0 saturated heterocycles. The quantitative estimate of drug-likeness (QED) is 0.759. The Balaban J connectivity index is 3.10. The highest BCUT2D eigenvalue weighted by molar-refractivity contribution is 5.75. The molecule has 5 nitrogen and oxygen atoms in total. The number of rotatable bonds is 5. The van der Waals surface area contributed by atoms with Gasteiger partial charge >= 0.3 is 0 Å². The van der Waals surface area contributed by atoms with E-state index in [2.05, 4.69) is 15.3 Å². The number of nitrogens with two attached hydrogens (primary N) is 1. The molecule has 0 bridgehead atoms. The van der Waals surface area contributed by atoms with Crippen molar-refractivity contribution in [3.8, 4) is 0 Å². The number of primary amides is 1. The molecule has 0 saturated carbocycles. The van der Waals surface area contributed by atoms with Crippen LogP contribution >= 0.6 is 0 Å². The second-order valence-electron chi connectivity index (χ2n) is 4.00. The maximum atomic E-state index is 11.1. The molecule has 0 aliphatic rings. The second kappa shape index (κ2) is 5.03. The molecule has 5 heteroatoms. The third kappa shape index (κ3) is 2.76. The van der Waals surface area contributed by atoms with Crippen molar-refractivity contribution >= 4 is 5.91 Å². The molecule has 88 valence electrons. The normalized spacial score (nSPS) is 14.4. The summed E-state index contributed by atoms with van der Waals surface area (Å²) in [6.45, 7) is 6.50. The van der Waals surface area contributed by atoms with Gasteiger partial charge in [-0.15, -0.1) is 0 Å². The van der Waals surface area contributed by atoms with Crippen LogP contribution in [0.5, 0.6) is 0 Å². The van der Waals surface area contributed by atoms with Crippen LogP contribution in [0.3, 0.4) is 0 Å². The third-order valence-electron chi connectivity index (χ3n) is 2.50. The summed E-state index contributed by atoms with van der Waals surface area (Å²) < 4.78 is 0. The number of nitrogens with zero attached hydrogens (tertiary/aromatic N) is 2. The monoisotopic (exact) mass is 222 g/mol. The minimum absolute atomic E-state index is 0.209. The zero-order valence-corrected chi connectivity index (χ0v) is 9.95. The smallest absolute Gasteiger partial charge is 0.219 e. The molecule has 1 heterocycles. The Hall–Kier alpha value is -1.49. The van der Waals surface area contributed by atoms with Crippen LogP contribution in [-0.4, -0.2) is 22.4 Å². The first-order valence-electron chi connectivity index (χ1n) is 5.31. The number of aryl methyl sites for hydroxylation is 1. The van der Waals surface area contributed by atoms with Gasteiger partial charge in [0.15, 0.2) is 0 Å². The Kier molecular flexibility index (Phi) is 3.95. The van der Waals surface area contributed by atoms with E-state index in [0.29, 0.717) is 0 Å². The third-order valence-corrected chi connectivity index (χ3v) is 2.50. The number of amides is 1. The van der Waals surface area contributed by atoms with Crippen LogP contribution in [0.1, 0.15) is 31.7 Å². The largest absolute Gasteiger partial charge is 0.370 e. The molecule has 1 unspecified atom stereocenters. The van der Waals surface area contributed by atoms with E-state index < -0.39 is 5.54 Å². The fourth-order valence-corrected chi connectivity index (χ4v) is 1.92. The van der Waals surface area contributed by atoms with E-state index in [-0.39, 0.29) is 12.3 Å². The van der Waals surface area contributed by atoms with Crippen molar-refractivity contribution in [2.24, 2.45) is 5.73 Å². The van der Waals surface area contributed by atoms with Gasteiger partial charge in [-0.1, -0.05) is 6.92 Å². The highest BCUT2D eigenvalue weighted by Crippen LogP contribution is 2.24. The van der Waals surface area contributed by atoms with E-state index in [0.717, 1.165) is 17.9 Å². The van der Waals surface area contributed by atoms with Crippen LogP contribution in [-0.2, 0) is 10.3 Å². The van der Waals surface area contributed by atoms with Crippen molar-refractivity contribution in [3.05, 3.63) is 23.8 Å². The average molecular weight is 222 g/mol. The summed E-state index contributed by atoms with van der Waals surface area (Å²) in [6, 6.07) is 0. The van der Waals surface area contributed by atoms with Crippen molar-refractivity contribution in [2.75, 3.05) is 6.54 Å².